The van der Waals surface area contributed by atoms with E-state index in [1.165, 1.54) is 6.20 Å². The lowest BCUT2D eigenvalue weighted by Crippen LogP contribution is -2.41. The molecule has 0 unspecified atom stereocenters. The van der Waals surface area contributed by atoms with E-state index in [0.29, 0.717) is 37.6 Å². The first-order chi connectivity index (χ1) is 13.1. The van der Waals surface area contributed by atoms with Crippen LogP contribution in [0.3, 0.4) is 0 Å². The van der Waals surface area contributed by atoms with E-state index in [2.05, 4.69) is 15.5 Å². The summed E-state index contributed by atoms with van der Waals surface area (Å²) in [7, 11) is 0. The molecule has 0 bridgehead atoms. The largest absolute Gasteiger partial charge is 0.462 e. The second kappa shape index (κ2) is 11.0. The molecule has 1 amide bonds. The monoisotopic (exact) mass is 372 g/mol. The molecular weight excluding hydrogens is 348 g/mol. The van der Waals surface area contributed by atoms with E-state index in [0.717, 1.165) is 19.6 Å². The van der Waals surface area contributed by atoms with Crippen LogP contribution < -0.4 is 10.6 Å². The van der Waals surface area contributed by atoms with E-state index in [4.69, 9.17) is 9.47 Å². The Morgan fingerprint density at radius 2 is 2.00 bits per heavy atom. The van der Waals surface area contributed by atoms with Crippen molar-refractivity contribution in [2.24, 2.45) is 0 Å². The Morgan fingerprint density at radius 1 is 1.30 bits per heavy atom. The Labute approximate surface area is 158 Å². The highest BCUT2D eigenvalue weighted by Crippen LogP contribution is 2.11. The molecular formula is C19H24N4O4. The number of ether oxygens (including phenoxy) is 2. The topological polar surface area (TPSA) is 104 Å². The van der Waals surface area contributed by atoms with E-state index in [1.54, 1.807) is 31.2 Å². The third kappa shape index (κ3) is 6.73. The molecule has 27 heavy (non-hydrogen) atoms. The third-order valence-corrected chi connectivity index (χ3v) is 3.96. The van der Waals surface area contributed by atoms with Crippen LogP contribution in [-0.2, 0) is 14.3 Å². The smallest absolute Gasteiger partial charge is 0.338 e. The number of rotatable bonds is 8. The summed E-state index contributed by atoms with van der Waals surface area (Å²) in [6, 6.07) is 8.46. The van der Waals surface area contributed by atoms with Crippen molar-refractivity contribution in [3.63, 3.8) is 0 Å². The maximum atomic E-state index is 12.1. The Hall–Kier alpha value is -2.89. The SMILES string of the molecule is CCOC(=O)c1ccc(N/C=C(/C#N)C(=O)NCCN2CCOCC2)cc1. The number of carbonyl (C=O) groups is 2. The molecule has 1 aliphatic rings. The number of benzene rings is 1. The Balaban J connectivity index is 1.82. The van der Waals surface area contributed by atoms with Crippen molar-refractivity contribution in [1.29, 1.82) is 5.26 Å². The highest BCUT2D eigenvalue weighted by molar-refractivity contribution is 5.97. The van der Waals surface area contributed by atoms with Gasteiger partial charge in [0.2, 0.25) is 0 Å². The van der Waals surface area contributed by atoms with Crippen molar-refractivity contribution < 1.29 is 19.1 Å². The number of esters is 1. The predicted molar refractivity (Wildman–Crippen MR) is 100.0 cm³/mol. The molecule has 8 nitrogen and oxygen atoms in total. The standard InChI is InChI=1S/C19H24N4O4/c1-2-27-19(25)15-3-5-17(6-4-15)22-14-16(13-20)18(24)21-7-8-23-9-11-26-12-10-23/h3-6,14,22H,2,7-12H2,1H3,(H,21,24)/b16-14-. The molecule has 144 valence electrons. The number of amides is 1. The Morgan fingerprint density at radius 3 is 2.63 bits per heavy atom. The first-order valence-corrected chi connectivity index (χ1v) is 8.86. The molecule has 0 radical (unpaired) electrons. The number of hydrogen-bond acceptors (Lipinski definition) is 7. The minimum Gasteiger partial charge on any atom is -0.462 e. The fourth-order valence-corrected chi connectivity index (χ4v) is 2.47. The van der Waals surface area contributed by atoms with E-state index in [1.807, 2.05) is 6.07 Å². The first kappa shape index (κ1) is 20.4. The van der Waals surface area contributed by atoms with Crippen molar-refractivity contribution in [2.75, 3.05) is 51.3 Å². The second-order valence-electron chi connectivity index (χ2n) is 5.82. The van der Waals surface area contributed by atoms with Crippen molar-refractivity contribution in [2.45, 2.75) is 6.92 Å². The van der Waals surface area contributed by atoms with Crippen LogP contribution in [-0.4, -0.2) is 62.8 Å². The quantitative estimate of drug-likeness (QED) is 0.400. The average molecular weight is 372 g/mol. The molecule has 1 aromatic rings. The molecule has 0 atom stereocenters. The van der Waals surface area contributed by atoms with Crippen molar-refractivity contribution in [1.82, 2.24) is 10.2 Å². The zero-order valence-corrected chi connectivity index (χ0v) is 15.4. The van der Waals surface area contributed by atoms with E-state index in [-0.39, 0.29) is 5.57 Å². The number of morpholine rings is 1. The molecule has 0 spiro atoms. The fraction of sp³-hybridized carbons (Fsp3) is 0.421. The maximum absolute atomic E-state index is 12.1. The van der Waals surface area contributed by atoms with Crippen molar-refractivity contribution in [3.05, 3.63) is 41.6 Å². The summed E-state index contributed by atoms with van der Waals surface area (Å²) in [5.74, 6) is -0.821. The summed E-state index contributed by atoms with van der Waals surface area (Å²) < 4.78 is 10.2. The van der Waals surface area contributed by atoms with Gasteiger partial charge in [0, 0.05) is 38.1 Å². The summed E-state index contributed by atoms with van der Waals surface area (Å²) in [5.41, 5.74) is 1.07. The van der Waals surface area contributed by atoms with Crippen LogP contribution in [0.2, 0.25) is 0 Å². The molecule has 1 aliphatic heterocycles. The molecule has 0 saturated carbocycles. The Bertz CT molecular complexity index is 703. The summed E-state index contributed by atoms with van der Waals surface area (Å²) >= 11 is 0. The number of nitrogens with zero attached hydrogens (tertiary/aromatic N) is 2. The van der Waals surface area contributed by atoms with Crippen LogP contribution in [0.15, 0.2) is 36.0 Å². The second-order valence-corrected chi connectivity index (χ2v) is 5.82. The van der Waals surface area contributed by atoms with Gasteiger partial charge in [0.05, 0.1) is 25.4 Å². The van der Waals surface area contributed by atoms with Gasteiger partial charge < -0.3 is 20.1 Å². The van der Waals surface area contributed by atoms with Gasteiger partial charge in [-0.1, -0.05) is 0 Å². The van der Waals surface area contributed by atoms with E-state index >= 15 is 0 Å². The van der Waals surface area contributed by atoms with Gasteiger partial charge in [0.25, 0.3) is 5.91 Å². The summed E-state index contributed by atoms with van der Waals surface area (Å²) in [4.78, 5) is 25.9. The predicted octanol–water partition coefficient (Wildman–Crippen LogP) is 1.13. The number of nitriles is 1. The van der Waals surface area contributed by atoms with Gasteiger partial charge in [-0.25, -0.2) is 4.79 Å². The van der Waals surface area contributed by atoms with Crippen LogP contribution in [0.4, 0.5) is 5.69 Å². The van der Waals surface area contributed by atoms with Crippen LogP contribution in [0.25, 0.3) is 0 Å². The third-order valence-electron chi connectivity index (χ3n) is 3.96. The molecule has 1 aromatic carbocycles. The van der Waals surface area contributed by atoms with Crippen molar-refractivity contribution >= 4 is 17.6 Å². The lowest BCUT2D eigenvalue weighted by molar-refractivity contribution is -0.117. The zero-order chi connectivity index (χ0) is 19.5. The molecule has 1 heterocycles. The molecule has 8 heteroatoms. The van der Waals surface area contributed by atoms with Gasteiger partial charge in [-0.2, -0.15) is 5.26 Å². The molecule has 2 rings (SSSR count). The fourth-order valence-electron chi connectivity index (χ4n) is 2.47. The van der Waals surface area contributed by atoms with Gasteiger partial charge in [-0.3, -0.25) is 9.69 Å². The molecule has 1 fully saturated rings. The lowest BCUT2D eigenvalue weighted by atomic mass is 10.2. The van der Waals surface area contributed by atoms with Crippen LogP contribution in [0.5, 0.6) is 0 Å². The minimum absolute atomic E-state index is 0.0218. The van der Waals surface area contributed by atoms with Crippen molar-refractivity contribution in [3.8, 4) is 6.07 Å². The minimum atomic E-state index is -0.429. The van der Waals surface area contributed by atoms with E-state index < -0.39 is 11.9 Å². The summed E-state index contributed by atoms with van der Waals surface area (Å²) in [6.07, 6.45) is 1.35. The van der Waals surface area contributed by atoms with Crippen LogP contribution in [0, 0.1) is 11.3 Å². The Kier molecular flexibility index (Phi) is 8.29. The van der Waals surface area contributed by atoms with Gasteiger partial charge in [0.15, 0.2) is 0 Å². The normalized spacial score (nSPS) is 14.9. The lowest BCUT2D eigenvalue weighted by Gasteiger charge is -2.26. The van der Waals surface area contributed by atoms with Crippen LogP contribution >= 0.6 is 0 Å². The number of anilines is 1. The molecule has 2 N–H and O–H groups in total. The molecule has 1 saturated heterocycles. The molecule has 0 aliphatic carbocycles. The number of hydrogen-bond donors (Lipinski definition) is 2. The number of carbonyl (C=O) groups excluding carboxylic acids is 2. The van der Waals surface area contributed by atoms with Gasteiger partial charge in [0.1, 0.15) is 11.6 Å². The van der Waals surface area contributed by atoms with E-state index in [9.17, 15) is 14.9 Å². The molecule has 0 aromatic heterocycles. The van der Waals surface area contributed by atoms with Gasteiger partial charge in [-0.15, -0.1) is 0 Å². The highest BCUT2D eigenvalue weighted by Gasteiger charge is 2.12. The maximum Gasteiger partial charge on any atom is 0.338 e. The zero-order valence-electron chi connectivity index (χ0n) is 15.4. The van der Waals surface area contributed by atoms with Crippen LogP contribution in [0.1, 0.15) is 17.3 Å². The highest BCUT2D eigenvalue weighted by atomic mass is 16.5. The number of nitrogens with one attached hydrogen (secondary N) is 2. The van der Waals surface area contributed by atoms with Gasteiger partial charge >= 0.3 is 5.97 Å². The summed E-state index contributed by atoms with van der Waals surface area (Å²) in [6.45, 7) is 6.34. The first-order valence-electron chi connectivity index (χ1n) is 8.86. The van der Waals surface area contributed by atoms with Gasteiger partial charge in [-0.05, 0) is 31.2 Å². The summed E-state index contributed by atoms with van der Waals surface area (Å²) in [5, 5.41) is 14.8. The average Bonchev–Trinajstić information content (AvgIpc) is 2.70.